The number of amides is 1. The van der Waals surface area contributed by atoms with Crippen molar-refractivity contribution in [1.82, 2.24) is 20.1 Å². The summed E-state index contributed by atoms with van der Waals surface area (Å²) in [5.74, 6) is 3.27. The number of piperidine rings is 1. The van der Waals surface area contributed by atoms with Crippen LogP contribution in [0.4, 0.5) is 0 Å². The minimum Gasteiger partial charge on any atom is -0.342 e. The highest BCUT2D eigenvalue weighted by molar-refractivity contribution is 7.99. The van der Waals surface area contributed by atoms with Gasteiger partial charge >= 0.3 is 0 Å². The van der Waals surface area contributed by atoms with E-state index in [9.17, 15) is 4.79 Å². The Balaban J connectivity index is 1.39. The van der Waals surface area contributed by atoms with Crippen molar-refractivity contribution in [1.29, 1.82) is 0 Å². The van der Waals surface area contributed by atoms with Crippen molar-refractivity contribution < 1.29 is 4.79 Å². The second-order valence-corrected chi connectivity index (χ2v) is 8.05. The summed E-state index contributed by atoms with van der Waals surface area (Å²) < 4.78 is 0. The number of aromatic amines is 1. The molecule has 1 amide bonds. The van der Waals surface area contributed by atoms with Crippen LogP contribution in [0, 0.1) is 11.8 Å². The molecule has 6 heteroatoms. The third kappa shape index (κ3) is 4.96. The van der Waals surface area contributed by atoms with Crippen LogP contribution in [-0.2, 0) is 11.2 Å². The quantitative estimate of drug-likeness (QED) is 0.810. The van der Waals surface area contributed by atoms with E-state index in [1.807, 2.05) is 4.90 Å². The molecule has 0 bridgehead atoms. The lowest BCUT2D eigenvalue weighted by Gasteiger charge is -2.30. The number of carbonyl (C=O) groups excluding carboxylic acids is 1. The van der Waals surface area contributed by atoms with Crippen LogP contribution in [0.5, 0.6) is 0 Å². The number of carbonyl (C=O) groups is 1. The van der Waals surface area contributed by atoms with E-state index in [-0.39, 0.29) is 5.91 Å². The van der Waals surface area contributed by atoms with Crippen LogP contribution < -0.4 is 0 Å². The van der Waals surface area contributed by atoms with Crippen molar-refractivity contribution in [3.05, 3.63) is 5.82 Å². The van der Waals surface area contributed by atoms with Crippen LogP contribution >= 0.6 is 11.8 Å². The monoisotopic (exact) mass is 336 g/mol. The van der Waals surface area contributed by atoms with Gasteiger partial charge in [-0.3, -0.25) is 9.89 Å². The predicted octanol–water partition coefficient (Wildman–Crippen LogP) is 3.28. The summed E-state index contributed by atoms with van der Waals surface area (Å²) in [6.45, 7) is 4.07. The molecule has 0 aromatic carbocycles. The van der Waals surface area contributed by atoms with Crippen LogP contribution in [0.1, 0.15) is 57.7 Å². The molecule has 1 aliphatic carbocycles. The fourth-order valence-corrected chi connectivity index (χ4v) is 4.29. The summed E-state index contributed by atoms with van der Waals surface area (Å²) >= 11 is 1.46. The van der Waals surface area contributed by atoms with E-state index in [0.717, 1.165) is 50.0 Å². The normalized spacial score (nSPS) is 20.3. The Morgan fingerprint density at radius 1 is 1.26 bits per heavy atom. The van der Waals surface area contributed by atoms with Crippen LogP contribution in [-0.4, -0.2) is 44.8 Å². The highest BCUT2D eigenvalue weighted by Gasteiger charge is 2.21. The lowest BCUT2D eigenvalue weighted by atomic mass is 9.99. The Morgan fingerprint density at radius 3 is 2.74 bits per heavy atom. The first-order valence-corrected chi connectivity index (χ1v) is 10.0. The number of thioether (sulfide) groups is 1. The summed E-state index contributed by atoms with van der Waals surface area (Å²) in [5.41, 5.74) is 0. The molecule has 2 aliphatic rings. The van der Waals surface area contributed by atoms with Gasteiger partial charge < -0.3 is 4.90 Å². The van der Waals surface area contributed by atoms with Gasteiger partial charge in [-0.15, -0.1) is 5.10 Å². The molecule has 2 fully saturated rings. The van der Waals surface area contributed by atoms with Gasteiger partial charge in [0.1, 0.15) is 5.82 Å². The highest BCUT2D eigenvalue weighted by Crippen LogP contribution is 2.28. The van der Waals surface area contributed by atoms with E-state index in [4.69, 9.17) is 0 Å². The molecule has 1 aromatic heterocycles. The van der Waals surface area contributed by atoms with E-state index in [1.54, 1.807) is 0 Å². The molecular weight excluding hydrogens is 308 g/mol. The van der Waals surface area contributed by atoms with Crippen molar-refractivity contribution >= 4 is 17.7 Å². The first-order chi connectivity index (χ1) is 11.2. The molecule has 1 saturated heterocycles. The minimum absolute atomic E-state index is 0.221. The van der Waals surface area contributed by atoms with E-state index in [1.165, 1.54) is 43.9 Å². The Morgan fingerprint density at radius 2 is 2.00 bits per heavy atom. The number of rotatable bonds is 6. The lowest BCUT2D eigenvalue weighted by molar-refractivity contribution is -0.129. The number of aryl methyl sites for hydroxylation is 1. The van der Waals surface area contributed by atoms with Gasteiger partial charge in [0, 0.05) is 19.5 Å². The number of aromatic nitrogens is 3. The molecule has 23 heavy (non-hydrogen) atoms. The standard InChI is InChI=1S/C17H28N4OS/c1-13-8-10-21(11-9-13)16(22)12-23-17-18-15(19-20-17)7-6-14-4-2-3-5-14/h13-14H,2-12H2,1H3,(H,18,19,20). The van der Waals surface area contributed by atoms with Crippen molar-refractivity contribution in [3.8, 4) is 0 Å². The van der Waals surface area contributed by atoms with Crippen molar-refractivity contribution in [2.45, 2.75) is 63.4 Å². The van der Waals surface area contributed by atoms with Crippen molar-refractivity contribution in [2.24, 2.45) is 11.8 Å². The second kappa shape index (κ2) is 8.18. The summed E-state index contributed by atoms with van der Waals surface area (Å²) in [6.07, 6.45) is 9.97. The Bertz CT molecular complexity index is 504. The molecule has 1 aromatic rings. The molecule has 0 atom stereocenters. The van der Waals surface area contributed by atoms with Crippen LogP contribution in [0.25, 0.3) is 0 Å². The van der Waals surface area contributed by atoms with Gasteiger partial charge in [0.2, 0.25) is 11.1 Å². The van der Waals surface area contributed by atoms with E-state index in [0.29, 0.717) is 10.9 Å². The maximum absolute atomic E-state index is 12.2. The maximum atomic E-state index is 12.2. The molecular formula is C17H28N4OS. The highest BCUT2D eigenvalue weighted by atomic mass is 32.2. The molecule has 128 valence electrons. The predicted molar refractivity (Wildman–Crippen MR) is 92.4 cm³/mol. The first kappa shape index (κ1) is 16.8. The van der Waals surface area contributed by atoms with Crippen molar-refractivity contribution in [2.75, 3.05) is 18.8 Å². The molecule has 0 spiro atoms. The molecule has 1 aliphatic heterocycles. The van der Waals surface area contributed by atoms with Crippen molar-refractivity contribution in [3.63, 3.8) is 0 Å². The molecule has 0 radical (unpaired) electrons. The summed E-state index contributed by atoms with van der Waals surface area (Å²) in [4.78, 5) is 18.7. The molecule has 2 heterocycles. The van der Waals surface area contributed by atoms with Gasteiger partial charge in [0.05, 0.1) is 5.75 Å². The third-order valence-corrected chi connectivity index (χ3v) is 6.07. The molecule has 5 nitrogen and oxygen atoms in total. The van der Waals surface area contributed by atoms with Gasteiger partial charge in [-0.1, -0.05) is 44.4 Å². The SMILES string of the molecule is CC1CCN(C(=O)CSc2n[nH]c(CCC3CCCC3)n2)CC1. The van der Waals surface area contributed by atoms with E-state index >= 15 is 0 Å². The summed E-state index contributed by atoms with van der Waals surface area (Å²) in [5, 5.41) is 7.99. The number of nitrogens with one attached hydrogen (secondary N) is 1. The Kier molecular flexibility index (Phi) is 5.97. The van der Waals surface area contributed by atoms with E-state index in [2.05, 4.69) is 22.1 Å². The average molecular weight is 337 g/mol. The van der Waals surface area contributed by atoms with E-state index < -0.39 is 0 Å². The van der Waals surface area contributed by atoms with Crippen LogP contribution in [0.3, 0.4) is 0 Å². The molecule has 1 saturated carbocycles. The van der Waals surface area contributed by atoms with Gasteiger partial charge in [0.15, 0.2) is 0 Å². The molecule has 3 rings (SSSR count). The molecule has 0 unspecified atom stereocenters. The third-order valence-electron chi connectivity index (χ3n) is 5.24. The number of nitrogens with zero attached hydrogens (tertiary/aromatic N) is 3. The van der Waals surface area contributed by atoms with Gasteiger partial charge in [-0.25, -0.2) is 4.98 Å². The second-order valence-electron chi connectivity index (χ2n) is 7.11. The Labute approximate surface area is 143 Å². The number of hydrogen-bond donors (Lipinski definition) is 1. The number of hydrogen-bond acceptors (Lipinski definition) is 4. The first-order valence-electron chi connectivity index (χ1n) is 9.02. The smallest absolute Gasteiger partial charge is 0.233 e. The maximum Gasteiger partial charge on any atom is 0.233 e. The zero-order valence-corrected chi connectivity index (χ0v) is 14.9. The fourth-order valence-electron chi connectivity index (χ4n) is 3.57. The lowest BCUT2D eigenvalue weighted by Crippen LogP contribution is -2.38. The van der Waals surface area contributed by atoms with Gasteiger partial charge in [-0.2, -0.15) is 0 Å². The largest absolute Gasteiger partial charge is 0.342 e. The minimum atomic E-state index is 0.221. The van der Waals surface area contributed by atoms with Gasteiger partial charge in [0.25, 0.3) is 0 Å². The number of H-pyrrole nitrogens is 1. The van der Waals surface area contributed by atoms with Gasteiger partial charge in [-0.05, 0) is 31.1 Å². The van der Waals surface area contributed by atoms with Crippen LogP contribution in [0.15, 0.2) is 5.16 Å². The Hall–Kier alpha value is -1.04. The average Bonchev–Trinajstić information content (AvgIpc) is 3.23. The topological polar surface area (TPSA) is 61.9 Å². The summed E-state index contributed by atoms with van der Waals surface area (Å²) in [6, 6.07) is 0. The van der Waals surface area contributed by atoms with Crippen LogP contribution in [0.2, 0.25) is 0 Å². The summed E-state index contributed by atoms with van der Waals surface area (Å²) in [7, 11) is 0. The molecule has 1 N–H and O–H groups in total. The zero-order valence-electron chi connectivity index (χ0n) is 14.1. The number of likely N-dealkylation sites (tertiary alicyclic amines) is 1. The zero-order chi connectivity index (χ0) is 16.1. The fraction of sp³-hybridized carbons (Fsp3) is 0.824.